The fourth-order valence-electron chi connectivity index (χ4n) is 3.91. The number of aryl methyl sites for hydroxylation is 3. The third-order valence-corrected chi connectivity index (χ3v) is 5.10. The maximum atomic E-state index is 12.9. The summed E-state index contributed by atoms with van der Waals surface area (Å²) in [4.78, 5) is 38.7. The Hall–Kier alpha value is -2.43. The van der Waals surface area contributed by atoms with Crippen molar-refractivity contribution in [3.8, 4) is 0 Å². The first-order valence-corrected chi connectivity index (χ1v) is 8.87. The molecule has 2 aliphatic rings. The van der Waals surface area contributed by atoms with Crippen molar-refractivity contribution < 1.29 is 14.4 Å². The minimum Gasteiger partial charge on any atom is -0.273 e. The quantitative estimate of drug-likeness (QED) is 0.663. The van der Waals surface area contributed by atoms with Gasteiger partial charge in [-0.3, -0.25) is 19.8 Å². The summed E-state index contributed by atoms with van der Waals surface area (Å²) in [7, 11) is 0. The second-order valence-electron chi connectivity index (χ2n) is 7.10. The number of nitrogens with one attached hydrogen (secondary N) is 1. The molecule has 0 unspecified atom stereocenters. The molecular formula is C20H24N2O3. The van der Waals surface area contributed by atoms with E-state index in [2.05, 4.69) is 5.32 Å². The zero-order valence-corrected chi connectivity index (χ0v) is 15.0. The van der Waals surface area contributed by atoms with E-state index in [4.69, 9.17) is 0 Å². The fourth-order valence-corrected chi connectivity index (χ4v) is 3.91. The number of urea groups is 1. The van der Waals surface area contributed by atoms with Crippen molar-refractivity contribution >= 4 is 23.9 Å². The highest BCUT2D eigenvalue weighted by Gasteiger charge is 2.40. The predicted molar refractivity (Wildman–Crippen MR) is 95.9 cm³/mol. The van der Waals surface area contributed by atoms with E-state index in [1.807, 2.05) is 32.9 Å². The molecule has 1 aromatic rings. The molecule has 1 aliphatic carbocycles. The molecule has 5 nitrogen and oxygen atoms in total. The van der Waals surface area contributed by atoms with Crippen LogP contribution in [0.4, 0.5) is 4.79 Å². The van der Waals surface area contributed by atoms with Crippen molar-refractivity contribution in [2.45, 2.75) is 58.9 Å². The second-order valence-corrected chi connectivity index (χ2v) is 7.10. The molecule has 1 saturated carbocycles. The average molecular weight is 340 g/mol. The highest BCUT2D eigenvalue weighted by molar-refractivity contribution is 6.31. The van der Waals surface area contributed by atoms with Gasteiger partial charge < -0.3 is 0 Å². The van der Waals surface area contributed by atoms with Gasteiger partial charge >= 0.3 is 6.03 Å². The molecule has 4 amide bonds. The van der Waals surface area contributed by atoms with E-state index in [1.165, 1.54) is 4.90 Å². The molecule has 132 valence electrons. The van der Waals surface area contributed by atoms with E-state index in [1.54, 1.807) is 6.08 Å². The van der Waals surface area contributed by atoms with E-state index in [0.29, 0.717) is 0 Å². The summed E-state index contributed by atoms with van der Waals surface area (Å²) in [5, 5.41) is 2.34. The first-order chi connectivity index (χ1) is 11.9. The topological polar surface area (TPSA) is 66.5 Å². The molecule has 1 aliphatic heterocycles. The molecule has 1 saturated heterocycles. The van der Waals surface area contributed by atoms with Crippen molar-refractivity contribution in [3.05, 3.63) is 40.0 Å². The van der Waals surface area contributed by atoms with Crippen LogP contribution in [-0.4, -0.2) is 28.8 Å². The Morgan fingerprint density at radius 3 is 2.20 bits per heavy atom. The number of carbonyl (C=O) groups excluding carboxylic acids is 3. The van der Waals surface area contributed by atoms with Gasteiger partial charge in [0.25, 0.3) is 11.8 Å². The lowest BCUT2D eigenvalue weighted by atomic mass is 9.92. The number of barbiturate groups is 1. The van der Waals surface area contributed by atoms with Crippen LogP contribution in [0.2, 0.25) is 0 Å². The molecular weight excluding hydrogens is 316 g/mol. The smallest absolute Gasteiger partial charge is 0.273 e. The van der Waals surface area contributed by atoms with Crippen molar-refractivity contribution in [3.63, 3.8) is 0 Å². The summed E-state index contributed by atoms with van der Waals surface area (Å²) in [5.41, 5.74) is 4.05. The van der Waals surface area contributed by atoms with Gasteiger partial charge in [0.15, 0.2) is 0 Å². The fraction of sp³-hybridized carbons (Fsp3) is 0.450. The van der Waals surface area contributed by atoms with Crippen LogP contribution in [0.1, 0.15) is 54.4 Å². The van der Waals surface area contributed by atoms with Crippen LogP contribution in [0.3, 0.4) is 0 Å². The molecule has 5 heteroatoms. The summed E-state index contributed by atoms with van der Waals surface area (Å²) < 4.78 is 0. The maximum Gasteiger partial charge on any atom is 0.331 e. The first-order valence-electron chi connectivity index (χ1n) is 8.87. The molecule has 3 rings (SSSR count). The minimum absolute atomic E-state index is 0.0419. The predicted octanol–water partition coefficient (Wildman–Crippen LogP) is 3.41. The monoisotopic (exact) mass is 340 g/mol. The Kier molecular flexibility index (Phi) is 4.75. The Bertz CT molecular complexity index is 750. The molecule has 25 heavy (non-hydrogen) atoms. The molecule has 1 aromatic carbocycles. The summed E-state index contributed by atoms with van der Waals surface area (Å²) in [6, 6.07) is 3.35. The van der Waals surface area contributed by atoms with Gasteiger partial charge in [-0.1, -0.05) is 37.0 Å². The van der Waals surface area contributed by atoms with Crippen LogP contribution in [0.25, 0.3) is 6.08 Å². The van der Waals surface area contributed by atoms with Gasteiger partial charge in [0, 0.05) is 6.04 Å². The molecule has 0 aromatic heterocycles. The van der Waals surface area contributed by atoms with E-state index < -0.39 is 17.8 Å². The third-order valence-electron chi connectivity index (χ3n) is 5.10. The van der Waals surface area contributed by atoms with Crippen LogP contribution >= 0.6 is 0 Å². The summed E-state index contributed by atoms with van der Waals surface area (Å²) >= 11 is 0. The van der Waals surface area contributed by atoms with Crippen LogP contribution in [-0.2, 0) is 9.59 Å². The first kappa shape index (κ1) is 17.4. The summed E-state index contributed by atoms with van der Waals surface area (Å²) in [6.07, 6.45) is 6.38. The number of carbonyl (C=O) groups is 3. The lowest BCUT2D eigenvalue weighted by molar-refractivity contribution is -0.132. The van der Waals surface area contributed by atoms with Crippen LogP contribution in [0.15, 0.2) is 17.7 Å². The van der Waals surface area contributed by atoms with Gasteiger partial charge in [0.05, 0.1) is 0 Å². The molecule has 0 bridgehead atoms. The minimum atomic E-state index is -0.610. The number of imide groups is 2. The van der Waals surface area contributed by atoms with Crippen LogP contribution < -0.4 is 5.32 Å². The van der Waals surface area contributed by atoms with Crippen LogP contribution in [0, 0.1) is 20.8 Å². The van der Waals surface area contributed by atoms with Gasteiger partial charge in [-0.15, -0.1) is 0 Å². The summed E-state index contributed by atoms with van der Waals surface area (Å²) in [6.45, 7) is 5.93. The molecule has 2 fully saturated rings. The van der Waals surface area contributed by atoms with Crippen LogP contribution in [0.5, 0.6) is 0 Å². The Balaban J connectivity index is 1.99. The van der Waals surface area contributed by atoms with Gasteiger partial charge in [-0.25, -0.2) is 4.79 Å². The highest BCUT2D eigenvalue weighted by atomic mass is 16.2. The Labute approximate surface area is 148 Å². The number of amides is 4. The number of hydrogen-bond donors (Lipinski definition) is 1. The SMILES string of the molecule is Cc1cc(C)c(C=C2C(=O)NC(=O)N(C3CCCCC3)C2=O)c(C)c1. The molecule has 0 radical (unpaired) electrons. The zero-order valence-electron chi connectivity index (χ0n) is 15.0. The van der Waals surface area contributed by atoms with Gasteiger partial charge in [-0.2, -0.15) is 0 Å². The van der Waals surface area contributed by atoms with Crippen molar-refractivity contribution in [2.75, 3.05) is 0 Å². The standard InChI is InChI=1S/C20H24N2O3/c1-12-9-13(2)16(14(3)10-12)11-17-18(23)21-20(25)22(19(17)24)15-7-5-4-6-8-15/h9-11,15H,4-8H2,1-3H3,(H,21,23,25). The van der Waals surface area contributed by atoms with Crippen molar-refractivity contribution in [2.24, 2.45) is 0 Å². The Morgan fingerprint density at radius 2 is 1.60 bits per heavy atom. The molecule has 0 spiro atoms. The van der Waals surface area contributed by atoms with Crippen molar-refractivity contribution in [1.82, 2.24) is 10.2 Å². The summed E-state index contributed by atoms with van der Waals surface area (Å²) in [5.74, 6) is -1.08. The number of hydrogen-bond acceptors (Lipinski definition) is 3. The second kappa shape index (κ2) is 6.82. The Morgan fingerprint density at radius 1 is 1.00 bits per heavy atom. The average Bonchev–Trinajstić information content (AvgIpc) is 2.54. The number of nitrogens with zero attached hydrogens (tertiary/aromatic N) is 1. The number of rotatable bonds is 2. The van der Waals surface area contributed by atoms with E-state index in [-0.39, 0.29) is 11.6 Å². The lowest BCUT2D eigenvalue weighted by Crippen LogP contribution is -2.58. The van der Waals surface area contributed by atoms with E-state index >= 15 is 0 Å². The van der Waals surface area contributed by atoms with Gasteiger partial charge in [-0.05, 0) is 56.4 Å². The molecule has 0 atom stereocenters. The van der Waals surface area contributed by atoms with Gasteiger partial charge in [0.1, 0.15) is 5.57 Å². The largest absolute Gasteiger partial charge is 0.331 e. The molecule has 1 N–H and O–H groups in total. The molecule has 1 heterocycles. The van der Waals surface area contributed by atoms with E-state index in [9.17, 15) is 14.4 Å². The van der Waals surface area contributed by atoms with E-state index in [0.717, 1.165) is 54.4 Å². The zero-order chi connectivity index (χ0) is 18.1. The van der Waals surface area contributed by atoms with Gasteiger partial charge in [0.2, 0.25) is 0 Å². The normalized spacial score (nSPS) is 21.0. The highest BCUT2D eigenvalue weighted by Crippen LogP contribution is 2.27. The number of benzene rings is 1. The third kappa shape index (κ3) is 3.36. The lowest BCUT2D eigenvalue weighted by Gasteiger charge is -2.35. The van der Waals surface area contributed by atoms with Crippen molar-refractivity contribution in [1.29, 1.82) is 0 Å². The maximum absolute atomic E-state index is 12.9.